The number of benzene rings is 1. The summed E-state index contributed by atoms with van der Waals surface area (Å²) in [7, 11) is 0. The van der Waals surface area contributed by atoms with Crippen LogP contribution < -0.4 is 5.01 Å². The van der Waals surface area contributed by atoms with Crippen LogP contribution in [0.5, 0.6) is 0 Å². The van der Waals surface area contributed by atoms with Gasteiger partial charge in [0.05, 0.1) is 17.9 Å². The molecular formula is C13H10N4. The van der Waals surface area contributed by atoms with Gasteiger partial charge in [0.25, 0.3) is 0 Å². The second-order valence-corrected chi connectivity index (χ2v) is 3.66. The molecule has 0 radical (unpaired) electrons. The van der Waals surface area contributed by atoms with E-state index in [0.717, 1.165) is 11.4 Å². The number of hydrogen-bond acceptors (Lipinski definition) is 4. The molecule has 1 aliphatic rings. The third kappa shape index (κ3) is 2.02. The first-order valence-corrected chi connectivity index (χ1v) is 5.17. The Bertz CT molecular complexity index is 554. The summed E-state index contributed by atoms with van der Waals surface area (Å²) in [5.74, 6) is 0. The summed E-state index contributed by atoms with van der Waals surface area (Å²) in [6.07, 6.45) is 0. The molecule has 0 bridgehead atoms. The first-order chi connectivity index (χ1) is 8.26. The first-order valence-electron chi connectivity index (χ1n) is 5.17. The second-order valence-electron chi connectivity index (χ2n) is 3.66. The van der Waals surface area contributed by atoms with Crippen LogP contribution in [-0.4, -0.2) is 12.3 Å². The summed E-state index contributed by atoms with van der Waals surface area (Å²) >= 11 is 0. The number of nitrogens with zero attached hydrogens (tertiary/aromatic N) is 4. The Labute approximate surface area is 99.7 Å². The van der Waals surface area contributed by atoms with E-state index < -0.39 is 0 Å². The van der Waals surface area contributed by atoms with Crippen molar-refractivity contribution in [2.24, 2.45) is 5.10 Å². The molecule has 0 fully saturated rings. The Kier molecular flexibility index (Phi) is 2.89. The fourth-order valence-corrected chi connectivity index (χ4v) is 1.71. The number of hydrogen-bond donors (Lipinski definition) is 0. The molecule has 17 heavy (non-hydrogen) atoms. The number of allylic oxidation sites excluding steroid dienone is 1. The Morgan fingerprint density at radius 3 is 2.47 bits per heavy atom. The Morgan fingerprint density at radius 2 is 1.88 bits per heavy atom. The van der Waals surface area contributed by atoms with Crippen LogP contribution in [0.15, 0.2) is 46.6 Å². The highest BCUT2D eigenvalue weighted by atomic mass is 15.5. The molecule has 1 aliphatic heterocycles. The molecule has 0 aromatic heterocycles. The van der Waals surface area contributed by atoms with Gasteiger partial charge in [-0.1, -0.05) is 18.2 Å². The summed E-state index contributed by atoms with van der Waals surface area (Å²) < 4.78 is 0. The monoisotopic (exact) mass is 222 g/mol. The molecule has 1 aromatic carbocycles. The highest BCUT2D eigenvalue weighted by molar-refractivity contribution is 6.03. The molecule has 2 rings (SSSR count). The Hall–Kier alpha value is -2.59. The molecule has 82 valence electrons. The Balaban J connectivity index is 2.35. The second kappa shape index (κ2) is 4.51. The lowest BCUT2D eigenvalue weighted by Crippen LogP contribution is -2.13. The number of hydrazone groups is 1. The van der Waals surface area contributed by atoms with E-state index in [1.165, 1.54) is 0 Å². The van der Waals surface area contributed by atoms with Gasteiger partial charge in [0.15, 0.2) is 0 Å². The molecule has 1 heterocycles. The number of para-hydroxylation sites is 1. The number of rotatable bonds is 1. The van der Waals surface area contributed by atoms with E-state index in [1.807, 2.05) is 49.4 Å². The smallest absolute Gasteiger partial charge is 0.136 e. The lowest BCUT2D eigenvalue weighted by molar-refractivity contribution is 0.969. The fraction of sp³-hybridized carbons (Fsp3) is 0.154. The van der Waals surface area contributed by atoms with Gasteiger partial charge in [-0.25, -0.2) is 0 Å². The minimum atomic E-state index is 0.143. The third-order valence-corrected chi connectivity index (χ3v) is 2.59. The fourth-order valence-electron chi connectivity index (χ4n) is 1.71. The first kappa shape index (κ1) is 10.9. The van der Waals surface area contributed by atoms with Crippen molar-refractivity contribution in [3.8, 4) is 12.1 Å². The van der Waals surface area contributed by atoms with Gasteiger partial charge in [0.2, 0.25) is 0 Å². The third-order valence-electron chi connectivity index (χ3n) is 2.59. The molecule has 0 unspecified atom stereocenters. The van der Waals surface area contributed by atoms with Crippen LogP contribution in [0.1, 0.15) is 6.92 Å². The van der Waals surface area contributed by atoms with E-state index >= 15 is 0 Å². The standard InChI is InChI=1S/C13H10N4/c1-10-13(11(7-14)8-15)9-17(16-10)12-5-3-2-4-6-12/h2-6H,9H2,1H3. The van der Waals surface area contributed by atoms with Crippen molar-refractivity contribution in [3.05, 3.63) is 41.5 Å². The van der Waals surface area contributed by atoms with E-state index in [2.05, 4.69) is 5.10 Å². The van der Waals surface area contributed by atoms with Crippen LogP contribution >= 0.6 is 0 Å². The van der Waals surface area contributed by atoms with Gasteiger partial charge in [-0.15, -0.1) is 0 Å². The molecule has 0 amide bonds. The van der Waals surface area contributed by atoms with Gasteiger partial charge in [0.1, 0.15) is 17.7 Å². The van der Waals surface area contributed by atoms with E-state index in [-0.39, 0.29) is 5.57 Å². The summed E-state index contributed by atoms with van der Waals surface area (Å²) in [6.45, 7) is 2.29. The largest absolute Gasteiger partial charge is 0.261 e. The predicted molar refractivity (Wildman–Crippen MR) is 65.1 cm³/mol. The van der Waals surface area contributed by atoms with Gasteiger partial charge >= 0.3 is 0 Å². The van der Waals surface area contributed by atoms with Crippen LogP contribution in [0.25, 0.3) is 0 Å². The molecule has 0 saturated heterocycles. The van der Waals surface area contributed by atoms with Crippen molar-refractivity contribution < 1.29 is 0 Å². The van der Waals surface area contributed by atoms with Gasteiger partial charge in [0, 0.05) is 5.57 Å². The van der Waals surface area contributed by atoms with Crippen molar-refractivity contribution >= 4 is 11.4 Å². The van der Waals surface area contributed by atoms with Crippen LogP contribution in [0.2, 0.25) is 0 Å². The maximum absolute atomic E-state index is 8.86. The van der Waals surface area contributed by atoms with Crippen molar-refractivity contribution in [1.29, 1.82) is 10.5 Å². The highest BCUT2D eigenvalue weighted by Crippen LogP contribution is 2.23. The average molecular weight is 222 g/mol. The zero-order valence-corrected chi connectivity index (χ0v) is 9.38. The lowest BCUT2D eigenvalue weighted by Gasteiger charge is -2.12. The van der Waals surface area contributed by atoms with Gasteiger partial charge < -0.3 is 0 Å². The molecule has 0 saturated carbocycles. The summed E-state index contributed by atoms with van der Waals surface area (Å²) in [5.41, 5.74) is 2.53. The highest BCUT2D eigenvalue weighted by Gasteiger charge is 2.21. The Morgan fingerprint density at radius 1 is 1.24 bits per heavy atom. The molecule has 0 spiro atoms. The van der Waals surface area contributed by atoms with E-state index in [0.29, 0.717) is 12.1 Å². The van der Waals surface area contributed by atoms with Crippen molar-refractivity contribution in [2.75, 3.05) is 11.6 Å². The topological polar surface area (TPSA) is 63.2 Å². The molecular weight excluding hydrogens is 212 g/mol. The number of anilines is 1. The molecule has 1 aromatic rings. The van der Waals surface area contributed by atoms with Gasteiger partial charge in [-0.2, -0.15) is 15.6 Å². The predicted octanol–water partition coefficient (Wildman–Crippen LogP) is 2.23. The summed E-state index contributed by atoms with van der Waals surface area (Å²) in [4.78, 5) is 0. The maximum Gasteiger partial charge on any atom is 0.136 e. The minimum Gasteiger partial charge on any atom is -0.261 e. The average Bonchev–Trinajstić information content (AvgIpc) is 2.75. The SMILES string of the molecule is CC1=NN(c2ccccc2)CC1=C(C#N)C#N. The molecule has 0 aliphatic carbocycles. The summed E-state index contributed by atoms with van der Waals surface area (Å²) in [6, 6.07) is 13.5. The zero-order chi connectivity index (χ0) is 12.3. The summed E-state index contributed by atoms with van der Waals surface area (Å²) in [5, 5.41) is 23.9. The van der Waals surface area contributed by atoms with E-state index in [9.17, 15) is 0 Å². The van der Waals surface area contributed by atoms with Crippen LogP contribution in [-0.2, 0) is 0 Å². The lowest BCUT2D eigenvalue weighted by atomic mass is 10.1. The minimum absolute atomic E-state index is 0.143. The van der Waals surface area contributed by atoms with Gasteiger partial charge in [-0.05, 0) is 19.1 Å². The zero-order valence-electron chi connectivity index (χ0n) is 9.38. The quantitative estimate of drug-likeness (QED) is 0.684. The van der Waals surface area contributed by atoms with Gasteiger partial charge in [-0.3, -0.25) is 5.01 Å². The van der Waals surface area contributed by atoms with Crippen LogP contribution in [0.3, 0.4) is 0 Å². The normalized spacial score (nSPS) is 13.9. The molecule has 0 atom stereocenters. The van der Waals surface area contributed by atoms with E-state index in [4.69, 9.17) is 10.5 Å². The van der Waals surface area contributed by atoms with Crippen LogP contribution in [0.4, 0.5) is 5.69 Å². The molecule has 4 heteroatoms. The maximum atomic E-state index is 8.86. The van der Waals surface area contributed by atoms with Crippen molar-refractivity contribution in [2.45, 2.75) is 6.92 Å². The van der Waals surface area contributed by atoms with E-state index in [1.54, 1.807) is 5.01 Å². The van der Waals surface area contributed by atoms with Crippen LogP contribution in [0, 0.1) is 22.7 Å². The molecule has 4 nitrogen and oxygen atoms in total. The van der Waals surface area contributed by atoms with Crippen molar-refractivity contribution in [3.63, 3.8) is 0 Å². The van der Waals surface area contributed by atoms with Crippen molar-refractivity contribution in [1.82, 2.24) is 0 Å². The number of nitriles is 2. The molecule has 0 N–H and O–H groups in total.